The van der Waals surface area contributed by atoms with E-state index in [0.29, 0.717) is 12.0 Å². The Morgan fingerprint density at radius 1 is 1.32 bits per heavy atom. The van der Waals surface area contributed by atoms with Gasteiger partial charge in [-0.15, -0.1) is 0 Å². The van der Waals surface area contributed by atoms with Gasteiger partial charge in [-0.05, 0) is 24.1 Å². The fourth-order valence-corrected chi connectivity index (χ4v) is 2.45. The molecule has 0 aliphatic rings. The largest absolute Gasteiger partial charge is 0.416 e. The van der Waals surface area contributed by atoms with Crippen molar-refractivity contribution in [3.63, 3.8) is 0 Å². The average molecular weight is 354 g/mol. The number of carbonyl (C=O) groups excluding carboxylic acids is 1. The molecule has 1 atom stereocenters. The van der Waals surface area contributed by atoms with Gasteiger partial charge in [0.2, 0.25) is 0 Å². The van der Waals surface area contributed by atoms with Crippen LogP contribution in [0.1, 0.15) is 36.1 Å². The first-order chi connectivity index (χ1) is 11.7. The number of halogens is 3. The van der Waals surface area contributed by atoms with Crippen molar-refractivity contribution in [2.75, 3.05) is 7.05 Å². The van der Waals surface area contributed by atoms with E-state index in [-0.39, 0.29) is 18.6 Å². The second kappa shape index (κ2) is 7.58. The van der Waals surface area contributed by atoms with Crippen molar-refractivity contribution in [2.24, 2.45) is 7.05 Å². The number of nitrogens with zero attached hydrogens (tertiary/aromatic N) is 3. The predicted molar refractivity (Wildman–Crippen MR) is 87.7 cm³/mol. The summed E-state index contributed by atoms with van der Waals surface area (Å²) in [5.41, 5.74) is 0.826. The number of aryl methyl sites for hydroxylation is 1. The third-order valence-corrected chi connectivity index (χ3v) is 3.88. The Kier molecular flexibility index (Phi) is 5.71. The highest BCUT2D eigenvalue weighted by molar-refractivity contribution is 5.74. The highest BCUT2D eigenvalue weighted by Gasteiger charge is 2.30. The molecule has 0 saturated heterocycles. The Balaban J connectivity index is 1.97. The van der Waals surface area contributed by atoms with E-state index in [9.17, 15) is 18.0 Å². The first kappa shape index (κ1) is 18.8. The van der Waals surface area contributed by atoms with Gasteiger partial charge in [0.05, 0.1) is 17.8 Å². The van der Waals surface area contributed by atoms with Gasteiger partial charge in [-0.3, -0.25) is 4.68 Å². The van der Waals surface area contributed by atoms with E-state index < -0.39 is 11.7 Å². The maximum Gasteiger partial charge on any atom is 0.416 e. The zero-order chi connectivity index (χ0) is 18.6. The zero-order valence-electron chi connectivity index (χ0n) is 14.3. The Labute approximate surface area is 144 Å². The van der Waals surface area contributed by atoms with Crippen molar-refractivity contribution in [3.05, 3.63) is 53.3 Å². The molecule has 0 fully saturated rings. The number of rotatable bonds is 5. The van der Waals surface area contributed by atoms with Crippen molar-refractivity contribution in [2.45, 2.75) is 32.1 Å². The summed E-state index contributed by atoms with van der Waals surface area (Å²) in [6, 6.07) is 4.33. The van der Waals surface area contributed by atoms with Gasteiger partial charge in [-0.1, -0.05) is 19.1 Å². The minimum absolute atomic E-state index is 0.170. The fraction of sp³-hybridized carbons (Fsp3) is 0.412. The molecule has 1 heterocycles. The highest BCUT2D eigenvalue weighted by Crippen LogP contribution is 2.29. The molecule has 0 saturated carbocycles. The van der Waals surface area contributed by atoms with Crippen LogP contribution in [0.15, 0.2) is 36.7 Å². The summed E-state index contributed by atoms with van der Waals surface area (Å²) in [6.45, 7) is 2.17. The summed E-state index contributed by atoms with van der Waals surface area (Å²) in [6.07, 6.45) is -0.125. The number of alkyl halides is 3. The molecule has 1 N–H and O–H groups in total. The molecular weight excluding hydrogens is 333 g/mol. The fourth-order valence-electron chi connectivity index (χ4n) is 2.45. The van der Waals surface area contributed by atoms with Crippen molar-refractivity contribution in [1.29, 1.82) is 0 Å². The number of nitrogens with one attached hydrogen (secondary N) is 1. The maximum absolute atomic E-state index is 12.6. The molecule has 5 nitrogen and oxygen atoms in total. The van der Waals surface area contributed by atoms with Crippen molar-refractivity contribution >= 4 is 6.03 Å². The van der Waals surface area contributed by atoms with Gasteiger partial charge >= 0.3 is 12.2 Å². The number of carbonyl (C=O) groups is 1. The lowest BCUT2D eigenvalue weighted by atomic mass is 10.1. The van der Waals surface area contributed by atoms with Crippen LogP contribution in [0.4, 0.5) is 18.0 Å². The molecule has 2 aromatic rings. The molecular formula is C17H21F3N4O. The normalized spacial score (nSPS) is 12.7. The molecule has 0 unspecified atom stereocenters. The third kappa shape index (κ3) is 4.98. The summed E-state index contributed by atoms with van der Waals surface area (Å²) in [4.78, 5) is 13.8. The van der Waals surface area contributed by atoms with Crippen LogP contribution in [0.5, 0.6) is 0 Å². The number of hydrogen-bond acceptors (Lipinski definition) is 2. The lowest BCUT2D eigenvalue weighted by Crippen LogP contribution is -2.38. The Morgan fingerprint density at radius 3 is 2.44 bits per heavy atom. The molecule has 25 heavy (non-hydrogen) atoms. The van der Waals surface area contributed by atoms with Crippen LogP contribution in [-0.2, 0) is 19.8 Å². The summed E-state index contributed by atoms with van der Waals surface area (Å²) in [7, 11) is 3.40. The van der Waals surface area contributed by atoms with Crippen LogP contribution in [0.25, 0.3) is 0 Å². The van der Waals surface area contributed by atoms with Gasteiger partial charge in [0, 0.05) is 32.4 Å². The van der Waals surface area contributed by atoms with Crippen LogP contribution in [0.3, 0.4) is 0 Å². The number of amides is 2. The second-order valence-corrected chi connectivity index (χ2v) is 5.91. The zero-order valence-corrected chi connectivity index (χ0v) is 14.3. The molecule has 1 aromatic heterocycles. The van der Waals surface area contributed by atoms with Gasteiger partial charge < -0.3 is 10.2 Å². The monoisotopic (exact) mass is 354 g/mol. The molecule has 8 heteroatoms. The van der Waals surface area contributed by atoms with E-state index in [4.69, 9.17) is 0 Å². The van der Waals surface area contributed by atoms with Crippen molar-refractivity contribution < 1.29 is 18.0 Å². The van der Waals surface area contributed by atoms with Crippen LogP contribution >= 0.6 is 0 Å². The van der Waals surface area contributed by atoms with Gasteiger partial charge in [0.25, 0.3) is 0 Å². The van der Waals surface area contributed by atoms with Gasteiger partial charge in [0.15, 0.2) is 0 Å². The summed E-state index contributed by atoms with van der Waals surface area (Å²) in [5, 5.41) is 7.00. The predicted octanol–water partition coefficient (Wildman–Crippen LogP) is 3.73. The van der Waals surface area contributed by atoms with E-state index in [1.165, 1.54) is 17.0 Å². The average Bonchev–Trinajstić information content (AvgIpc) is 2.98. The van der Waals surface area contributed by atoms with Gasteiger partial charge in [0.1, 0.15) is 0 Å². The third-order valence-electron chi connectivity index (χ3n) is 3.88. The van der Waals surface area contributed by atoms with Crippen LogP contribution in [-0.4, -0.2) is 27.8 Å². The van der Waals surface area contributed by atoms with Crippen LogP contribution in [0, 0.1) is 0 Å². The molecule has 0 bridgehead atoms. The number of hydrogen-bond donors (Lipinski definition) is 1. The number of urea groups is 1. The lowest BCUT2D eigenvalue weighted by Gasteiger charge is -2.22. The van der Waals surface area contributed by atoms with E-state index in [1.807, 2.05) is 13.1 Å². The van der Waals surface area contributed by atoms with E-state index in [0.717, 1.165) is 17.7 Å². The summed E-state index contributed by atoms with van der Waals surface area (Å²) < 4.78 is 39.4. The molecule has 0 aliphatic heterocycles. The first-order valence-corrected chi connectivity index (χ1v) is 7.87. The Hall–Kier alpha value is -2.51. The van der Waals surface area contributed by atoms with E-state index >= 15 is 0 Å². The second-order valence-electron chi connectivity index (χ2n) is 5.91. The minimum atomic E-state index is -4.36. The Bertz CT molecular complexity index is 709. The van der Waals surface area contributed by atoms with Crippen molar-refractivity contribution in [3.8, 4) is 0 Å². The summed E-state index contributed by atoms with van der Waals surface area (Å²) in [5.74, 6) is 0. The molecule has 0 spiro atoms. The van der Waals surface area contributed by atoms with E-state index in [1.54, 1.807) is 25.0 Å². The molecule has 0 aliphatic carbocycles. The topological polar surface area (TPSA) is 50.2 Å². The maximum atomic E-state index is 12.6. The molecule has 0 radical (unpaired) electrons. The number of aromatic nitrogens is 2. The number of benzene rings is 1. The SMILES string of the molecule is CC[C@H](NC(=O)N(C)Cc1ccc(C(F)(F)F)cc1)c1cnn(C)c1. The molecule has 1 aromatic carbocycles. The highest BCUT2D eigenvalue weighted by atomic mass is 19.4. The van der Waals surface area contributed by atoms with Crippen LogP contribution < -0.4 is 5.32 Å². The minimum Gasteiger partial charge on any atom is -0.331 e. The van der Waals surface area contributed by atoms with Gasteiger partial charge in [-0.25, -0.2) is 4.79 Å². The molecule has 136 valence electrons. The molecule has 2 rings (SSSR count). The van der Waals surface area contributed by atoms with Crippen molar-refractivity contribution in [1.82, 2.24) is 20.0 Å². The lowest BCUT2D eigenvalue weighted by molar-refractivity contribution is -0.137. The van der Waals surface area contributed by atoms with Crippen LogP contribution in [0.2, 0.25) is 0 Å². The van der Waals surface area contributed by atoms with Gasteiger partial charge in [-0.2, -0.15) is 18.3 Å². The Morgan fingerprint density at radius 2 is 1.96 bits per heavy atom. The quantitative estimate of drug-likeness (QED) is 0.889. The first-order valence-electron chi connectivity index (χ1n) is 7.87. The van der Waals surface area contributed by atoms with E-state index in [2.05, 4.69) is 10.4 Å². The summed E-state index contributed by atoms with van der Waals surface area (Å²) >= 11 is 0. The molecule has 2 amide bonds. The standard InChI is InChI=1S/C17H21F3N4O/c1-4-15(13-9-21-24(3)11-13)22-16(25)23(2)10-12-5-7-14(8-6-12)17(18,19)20/h5-9,11,15H,4,10H2,1-3H3,(H,22,25)/t15-/m0/s1. The smallest absolute Gasteiger partial charge is 0.331 e.